The largest absolute Gasteiger partial charge is 0.483 e. The van der Waals surface area contributed by atoms with Crippen LogP contribution < -0.4 is 15.8 Å². The molecule has 8 heteroatoms. The first kappa shape index (κ1) is 25.5. The number of carboxylic acid groups (broad SMARTS) is 1. The van der Waals surface area contributed by atoms with E-state index in [-0.39, 0.29) is 6.42 Å². The second kappa shape index (κ2) is 11.1. The molecule has 2 amide bonds. The van der Waals surface area contributed by atoms with Gasteiger partial charge >= 0.3 is 5.97 Å². The Bertz CT molecular complexity index is 1660. The van der Waals surface area contributed by atoms with Gasteiger partial charge in [-0.05, 0) is 35.4 Å². The molecular formula is C31H27N3O5. The maximum absolute atomic E-state index is 12.8. The molecular weight excluding hydrogens is 494 g/mol. The highest BCUT2D eigenvalue weighted by atomic mass is 16.5. The number of carbonyl (C=O) groups excluding carboxylic acids is 2. The molecule has 0 unspecified atom stereocenters. The van der Waals surface area contributed by atoms with Crippen LogP contribution in [0.3, 0.4) is 0 Å². The van der Waals surface area contributed by atoms with E-state index in [1.54, 1.807) is 30.3 Å². The van der Waals surface area contributed by atoms with Crippen LogP contribution in [-0.4, -0.2) is 40.1 Å². The quantitative estimate of drug-likeness (QED) is 0.255. The molecule has 5 aromatic rings. The topological polar surface area (TPSA) is 124 Å². The number of benzene rings is 4. The van der Waals surface area contributed by atoms with E-state index >= 15 is 0 Å². The minimum absolute atomic E-state index is 0.145. The van der Waals surface area contributed by atoms with Crippen LogP contribution in [0.15, 0.2) is 97.1 Å². The third-order valence-electron chi connectivity index (χ3n) is 6.60. The monoisotopic (exact) mass is 521 g/mol. The Kier molecular flexibility index (Phi) is 7.27. The number of carbonyl (C=O) groups is 3. The van der Waals surface area contributed by atoms with Crippen LogP contribution in [0.25, 0.3) is 21.8 Å². The number of rotatable bonds is 10. The van der Waals surface area contributed by atoms with E-state index in [4.69, 9.17) is 10.5 Å². The Hall–Kier alpha value is -5.11. The van der Waals surface area contributed by atoms with Gasteiger partial charge in [-0.1, -0.05) is 72.8 Å². The van der Waals surface area contributed by atoms with Crippen molar-refractivity contribution in [1.29, 1.82) is 0 Å². The zero-order valence-corrected chi connectivity index (χ0v) is 21.0. The highest BCUT2D eigenvalue weighted by molar-refractivity contribution is 6.19. The third-order valence-corrected chi connectivity index (χ3v) is 6.60. The van der Waals surface area contributed by atoms with E-state index in [0.717, 1.165) is 22.2 Å². The van der Waals surface area contributed by atoms with Crippen molar-refractivity contribution < 1.29 is 24.2 Å². The molecule has 0 bridgehead atoms. The molecule has 0 saturated carbocycles. The number of aliphatic carboxylic acids is 1. The highest BCUT2D eigenvalue weighted by Gasteiger charge is 2.23. The second-order valence-electron chi connectivity index (χ2n) is 9.22. The second-order valence-corrected chi connectivity index (χ2v) is 9.22. The summed E-state index contributed by atoms with van der Waals surface area (Å²) >= 11 is 0. The SMILES string of the molecule is NC(=O)c1cccc2c1c1c(OCC(=O)N[C@H](Cc3ccccc3)C(=O)O)cccc1n2Cc1ccccc1. The number of nitrogens with one attached hydrogen (secondary N) is 1. The minimum Gasteiger partial charge on any atom is -0.483 e. The molecule has 8 nitrogen and oxygen atoms in total. The van der Waals surface area contributed by atoms with Crippen molar-refractivity contribution in [3.8, 4) is 5.75 Å². The van der Waals surface area contributed by atoms with Gasteiger partial charge in [-0.25, -0.2) is 4.79 Å². The fourth-order valence-corrected chi connectivity index (χ4v) is 4.84. The first-order valence-electron chi connectivity index (χ1n) is 12.5. The number of nitrogens with zero attached hydrogens (tertiary/aromatic N) is 1. The number of nitrogens with two attached hydrogens (primary N) is 1. The van der Waals surface area contributed by atoms with E-state index in [1.165, 1.54) is 0 Å². The van der Waals surface area contributed by atoms with Crippen LogP contribution in [0.5, 0.6) is 5.75 Å². The summed E-state index contributed by atoms with van der Waals surface area (Å²) in [6.45, 7) is 0.147. The predicted octanol–water partition coefficient (Wildman–Crippen LogP) is 4.13. The van der Waals surface area contributed by atoms with Crippen molar-refractivity contribution in [2.24, 2.45) is 5.73 Å². The molecule has 0 aliphatic heterocycles. The van der Waals surface area contributed by atoms with E-state index in [1.807, 2.05) is 66.7 Å². The number of primary amides is 1. The molecule has 0 saturated heterocycles. The standard InChI is InChI=1S/C31H27N3O5/c32-30(36)22-13-7-14-24-28(22)29-25(34(24)18-21-11-5-2-6-12-21)15-8-16-26(29)39-19-27(35)33-23(31(37)38)17-20-9-3-1-4-10-20/h1-16,23H,17-19H2,(H2,32,36)(H,33,35)(H,37,38)/t23-/m1/s1. The van der Waals surface area contributed by atoms with Gasteiger partial charge < -0.3 is 25.5 Å². The summed E-state index contributed by atoms with van der Waals surface area (Å²) in [7, 11) is 0. The number of hydrogen-bond acceptors (Lipinski definition) is 4. The van der Waals surface area contributed by atoms with Crippen molar-refractivity contribution in [2.75, 3.05) is 6.61 Å². The van der Waals surface area contributed by atoms with Crippen LogP contribution >= 0.6 is 0 Å². The van der Waals surface area contributed by atoms with Gasteiger partial charge in [-0.3, -0.25) is 9.59 Å². The molecule has 0 aliphatic carbocycles. The van der Waals surface area contributed by atoms with Gasteiger partial charge in [0.1, 0.15) is 11.8 Å². The fourth-order valence-electron chi connectivity index (χ4n) is 4.84. The van der Waals surface area contributed by atoms with E-state index in [2.05, 4.69) is 9.88 Å². The molecule has 4 aromatic carbocycles. The Balaban J connectivity index is 1.47. The molecule has 5 rings (SSSR count). The lowest BCUT2D eigenvalue weighted by Crippen LogP contribution is -2.44. The normalized spacial score (nSPS) is 11.8. The number of carboxylic acids is 1. The lowest BCUT2D eigenvalue weighted by atomic mass is 10.1. The molecule has 1 heterocycles. The highest BCUT2D eigenvalue weighted by Crippen LogP contribution is 2.38. The van der Waals surface area contributed by atoms with Gasteiger partial charge in [0.05, 0.1) is 16.4 Å². The van der Waals surface area contributed by atoms with Crippen LogP contribution in [0.4, 0.5) is 0 Å². The first-order chi connectivity index (χ1) is 18.9. The summed E-state index contributed by atoms with van der Waals surface area (Å²) in [6, 6.07) is 28.7. The zero-order valence-electron chi connectivity index (χ0n) is 21.0. The van der Waals surface area contributed by atoms with Crippen LogP contribution in [0, 0.1) is 0 Å². The van der Waals surface area contributed by atoms with Gasteiger partial charge in [0.15, 0.2) is 6.61 Å². The molecule has 196 valence electrons. The Labute approximate surface area is 224 Å². The Morgan fingerprint density at radius 1 is 0.795 bits per heavy atom. The van der Waals surface area contributed by atoms with Crippen molar-refractivity contribution in [1.82, 2.24) is 9.88 Å². The minimum atomic E-state index is -1.13. The van der Waals surface area contributed by atoms with Crippen molar-refractivity contribution in [3.05, 3.63) is 114 Å². The number of fused-ring (bicyclic) bond motifs is 3. The zero-order chi connectivity index (χ0) is 27.4. The predicted molar refractivity (Wildman–Crippen MR) is 149 cm³/mol. The third kappa shape index (κ3) is 5.45. The number of aromatic nitrogens is 1. The van der Waals surface area contributed by atoms with Gasteiger partial charge in [0.2, 0.25) is 5.91 Å². The summed E-state index contributed by atoms with van der Waals surface area (Å²) in [6.07, 6.45) is 0.145. The van der Waals surface area contributed by atoms with Gasteiger partial charge in [0, 0.05) is 23.9 Å². The molecule has 4 N–H and O–H groups in total. The van der Waals surface area contributed by atoms with E-state index in [0.29, 0.717) is 28.6 Å². The summed E-state index contributed by atoms with van der Waals surface area (Å²) in [5.41, 5.74) is 9.57. The smallest absolute Gasteiger partial charge is 0.326 e. The summed E-state index contributed by atoms with van der Waals surface area (Å²) in [5.74, 6) is -1.89. The molecule has 0 fully saturated rings. The number of amides is 2. The fraction of sp³-hybridized carbons (Fsp3) is 0.129. The maximum atomic E-state index is 12.8. The van der Waals surface area contributed by atoms with Crippen LogP contribution in [-0.2, 0) is 22.6 Å². The van der Waals surface area contributed by atoms with Crippen molar-refractivity contribution >= 4 is 39.6 Å². The van der Waals surface area contributed by atoms with E-state index in [9.17, 15) is 19.5 Å². The number of ether oxygens (including phenoxy) is 1. The average Bonchev–Trinajstić information content (AvgIpc) is 3.26. The summed E-state index contributed by atoms with van der Waals surface area (Å²) in [4.78, 5) is 36.9. The Morgan fingerprint density at radius 3 is 2.05 bits per heavy atom. The average molecular weight is 522 g/mol. The lowest BCUT2D eigenvalue weighted by molar-refractivity contribution is -0.142. The van der Waals surface area contributed by atoms with Crippen molar-refractivity contribution in [2.45, 2.75) is 19.0 Å². The molecule has 1 atom stereocenters. The first-order valence-corrected chi connectivity index (χ1v) is 12.5. The van der Waals surface area contributed by atoms with Crippen molar-refractivity contribution in [3.63, 3.8) is 0 Å². The van der Waals surface area contributed by atoms with Gasteiger partial charge in [-0.2, -0.15) is 0 Å². The van der Waals surface area contributed by atoms with Crippen LogP contribution in [0.1, 0.15) is 21.5 Å². The molecule has 0 spiro atoms. The molecule has 0 radical (unpaired) electrons. The maximum Gasteiger partial charge on any atom is 0.326 e. The van der Waals surface area contributed by atoms with Gasteiger partial charge in [-0.15, -0.1) is 0 Å². The van der Waals surface area contributed by atoms with Crippen LogP contribution in [0.2, 0.25) is 0 Å². The molecule has 0 aliphatic rings. The number of hydrogen-bond donors (Lipinski definition) is 3. The molecule has 1 aromatic heterocycles. The van der Waals surface area contributed by atoms with Gasteiger partial charge in [0.25, 0.3) is 5.91 Å². The Morgan fingerprint density at radius 2 is 1.41 bits per heavy atom. The lowest BCUT2D eigenvalue weighted by Gasteiger charge is -2.15. The molecule has 39 heavy (non-hydrogen) atoms. The summed E-state index contributed by atoms with van der Waals surface area (Å²) in [5, 5.41) is 13.5. The van der Waals surface area contributed by atoms with E-state index < -0.39 is 30.4 Å². The summed E-state index contributed by atoms with van der Waals surface area (Å²) < 4.78 is 8.03.